The molecule has 0 saturated carbocycles. The highest BCUT2D eigenvalue weighted by atomic mass is 32.1. The number of amides is 4. The van der Waals surface area contributed by atoms with Crippen molar-refractivity contribution in [2.45, 2.75) is 37.0 Å². The van der Waals surface area contributed by atoms with Gasteiger partial charge < -0.3 is 37.6 Å². The van der Waals surface area contributed by atoms with Gasteiger partial charge in [0.15, 0.2) is 0 Å². The predicted octanol–water partition coefficient (Wildman–Crippen LogP) is -3.11. The number of nitrogens with two attached hydrogens (primary N) is 2. The third-order valence-electron chi connectivity index (χ3n) is 4.29. The molecular weight excluding hydrogens is 442 g/mol. The van der Waals surface area contributed by atoms with E-state index >= 15 is 0 Å². The molecule has 0 radical (unpaired) electrons. The summed E-state index contributed by atoms with van der Waals surface area (Å²) in [5.41, 5.74) is 11.8. The van der Waals surface area contributed by atoms with Crippen molar-refractivity contribution in [2.24, 2.45) is 11.5 Å². The van der Waals surface area contributed by atoms with Gasteiger partial charge in [-0.25, -0.2) is 4.79 Å². The number of carbonyl (C=O) groups excluding carboxylic acids is 4. The van der Waals surface area contributed by atoms with Gasteiger partial charge in [0, 0.05) is 5.75 Å². The van der Waals surface area contributed by atoms with Crippen LogP contribution in [0.2, 0.25) is 0 Å². The predicted molar refractivity (Wildman–Crippen MR) is 116 cm³/mol. The molecule has 0 aliphatic rings. The van der Waals surface area contributed by atoms with Gasteiger partial charge in [-0.1, -0.05) is 30.3 Å². The first kappa shape index (κ1) is 26.9. The Labute approximate surface area is 189 Å². The van der Waals surface area contributed by atoms with Gasteiger partial charge in [-0.05, 0) is 12.0 Å². The van der Waals surface area contributed by atoms with Crippen molar-refractivity contribution in [1.29, 1.82) is 0 Å². The van der Waals surface area contributed by atoms with E-state index in [2.05, 4.69) is 28.6 Å². The highest BCUT2D eigenvalue weighted by Gasteiger charge is 2.30. The number of aliphatic hydroxyl groups is 1. The van der Waals surface area contributed by atoms with E-state index in [9.17, 15) is 29.1 Å². The van der Waals surface area contributed by atoms with Crippen LogP contribution in [-0.4, -0.2) is 76.3 Å². The number of aliphatic hydroxyl groups excluding tert-OH is 1. The molecule has 4 atom stereocenters. The number of carbonyl (C=O) groups is 5. The molecular formula is C19H27N5O7S. The summed E-state index contributed by atoms with van der Waals surface area (Å²) in [5, 5.41) is 25.0. The Balaban J connectivity index is 2.82. The topological polar surface area (TPSA) is 214 Å². The Morgan fingerprint density at radius 3 is 1.94 bits per heavy atom. The molecule has 4 amide bonds. The molecule has 1 rings (SSSR count). The zero-order valence-corrected chi connectivity index (χ0v) is 18.0. The van der Waals surface area contributed by atoms with Crippen molar-refractivity contribution < 1.29 is 34.2 Å². The van der Waals surface area contributed by atoms with Crippen LogP contribution in [0.5, 0.6) is 0 Å². The molecule has 1 aromatic carbocycles. The molecule has 0 bridgehead atoms. The quantitative estimate of drug-likeness (QED) is 0.138. The van der Waals surface area contributed by atoms with E-state index in [1.807, 2.05) is 0 Å². The Bertz CT molecular complexity index is 824. The summed E-state index contributed by atoms with van der Waals surface area (Å²) < 4.78 is 0. The van der Waals surface area contributed by atoms with Crippen LogP contribution in [0, 0.1) is 0 Å². The number of aliphatic carboxylic acids is 1. The summed E-state index contributed by atoms with van der Waals surface area (Å²) in [7, 11) is 0. The Hall–Kier alpha value is -3.16. The summed E-state index contributed by atoms with van der Waals surface area (Å²) in [6, 6.07) is 3.46. The molecule has 32 heavy (non-hydrogen) atoms. The van der Waals surface area contributed by atoms with Crippen molar-refractivity contribution in [1.82, 2.24) is 16.0 Å². The Morgan fingerprint density at radius 2 is 1.44 bits per heavy atom. The van der Waals surface area contributed by atoms with E-state index in [0.717, 1.165) is 5.56 Å². The average molecular weight is 470 g/mol. The molecule has 0 saturated heterocycles. The van der Waals surface area contributed by atoms with E-state index < -0.39 is 66.8 Å². The molecule has 0 aliphatic carbocycles. The first-order valence-corrected chi connectivity index (χ1v) is 10.2. The number of nitrogens with one attached hydrogen (secondary N) is 3. The van der Waals surface area contributed by atoms with Gasteiger partial charge >= 0.3 is 5.97 Å². The first-order chi connectivity index (χ1) is 15.1. The minimum atomic E-state index is -1.55. The average Bonchev–Trinajstić information content (AvgIpc) is 2.74. The van der Waals surface area contributed by atoms with Crippen molar-refractivity contribution in [2.75, 3.05) is 12.4 Å². The second-order valence-corrected chi connectivity index (χ2v) is 7.22. The summed E-state index contributed by atoms with van der Waals surface area (Å²) in [6.45, 7) is -0.874. The SMILES string of the molecule is NC(=O)CC(NC(=O)C(N)Cc1ccccc1)C(=O)NC(CO)C(=O)NC(CS)C(=O)O. The van der Waals surface area contributed by atoms with Crippen molar-refractivity contribution >= 4 is 42.2 Å². The monoisotopic (exact) mass is 469 g/mol. The molecule has 0 fully saturated rings. The van der Waals surface area contributed by atoms with E-state index in [1.54, 1.807) is 30.3 Å². The molecule has 0 heterocycles. The lowest BCUT2D eigenvalue weighted by molar-refractivity contribution is -0.142. The molecule has 12 nitrogen and oxygen atoms in total. The minimum Gasteiger partial charge on any atom is -0.480 e. The summed E-state index contributed by atoms with van der Waals surface area (Å²) in [6.07, 6.45) is -0.427. The maximum Gasteiger partial charge on any atom is 0.327 e. The van der Waals surface area contributed by atoms with Crippen molar-refractivity contribution in [3.05, 3.63) is 35.9 Å². The molecule has 0 spiro atoms. The van der Waals surface area contributed by atoms with Crippen LogP contribution in [0.4, 0.5) is 0 Å². The molecule has 1 aromatic rings. The Kier molecular flexibility index (Phi) is 11.2. The number of carboxylic acids is 1. The van der Waals surface area contributed by atoms with Gasteiger partial charge in [0.1, 0.15) is 18.1 Å². The van der Waals surface area contributed by atoms with Crippen molar-refractivity contribution in [3.63, 3.8) is 0 Å². The molecule has 9 N–H and O–H groups in total. The lowest BCUT2D eigenvalue weighted by Crippen LogP contribution is -2.59. The van der Waals surface area contributed by atoms with Gasteiger partial charge in [-0.15, -0.1) is 0 Å². The zero-order chi connectivity index (χ0) is 24.3. The minimum absolute atomic E-state index is 0.166. The molecule has 4 unspecified atom stereocenters. The van der Waals surface area contributed by atoms with Gasteiger partial charge in [-0.3, -0.25) is 19.2 Å². The molecule has 0 aromatic heterocycles. The highest BCUT2D eigenvalue weighted by molar-refractivity contribution is 7.80. The number of thiol groups is 1. The third-order valence-corrected chi connectivity index (χ3v) is 4.65. The van der Waals surface area contributed by atoms with Crippen LogP contribution in [0.1, 0.15) is 12.0 Å². The van der Waals surface area contributed by atoms with E-state index in [0.29, 0.717) is 0 Å². The molecule has 176 valence electrons. The second-order valence-electron chi connectivity index (χ2n) is 6.85. The number of benzene rings is 1. The van der Waals surface area contributed by atoms with Crippen LogP contribution >= 0.6 is 12.6 Å². The summed E-state index contributed by atoms with van der Waals surface area (Å²) in [5.74, 6) is -5.22. The number of hydrogen-bond donors (Lipinski definition) is 8. The normalized spacial score (nSPS) is 14.3. The van der Waals surface area contributed by atoms with Crippen LogP contribution in [-0.2, 0) is 30.4 Å². The second kappa shape index (κ2) is 13.3. The van der Waals surface area contributed by atoms with E-state index in [1.165, 1.54) is 0 Å². The summed E-state index contributed by atoms with van der Waals surface area (Å²) >= 11 is 3.80. The maximum atomic E-state index is 12.6. The highest BCUT2D eigenvalue weighted by Crippen LogP contribution is 2.03. The fraction of sp³-hybridized carbons (Fsp3) is 0.421. The zero-order valence-electron chi connectivity index (χ0n) is 17.1. The van der Waals surface area contributed by atoms with Gasteiger partial charge in [0.25, 0.3) is 0 Å². The van der Waals surface area contributed by atoms with Crippen LogP contribution in [0.25, 0.3) is 0 Å². The Morgan fingerprint density at radius 1 is 0.906 bits per heavy atom. The van der Waals surface area contributed by atoms with Crippen LogP contribution < -0.4 is 27.4 Å². The number of carboxylic acid groups (broad SMARTS) is 1. The van der Waals surface area contributed by atoms with Crippen LogP contribution in [0.15, 0.2) is 30.3 Å². The maximum absolute atomic E-state index is 12.6. The fourth-order valence-electron chi connectivity index (χ4n) is 2.57. The fourth-order valence-corrected chi connectivity index (χ4v) is 2.82. The van der Waals surface area contributed by atoms with Gasteiger partial charge in [0.05, 0.1) is 19.1 Å². The van der Waals surface area contributed by atoms with Gasteiger partial charge in [0.2, 0.25) is 23.6 Å². The van der Waals surface area contributed by atoms with Crippen molar-refractivity contribution in [3.8, 4) is 0 Å². The lowest BCUT2D eigenvalue weighted by atomic mass is 10.0. The molecule has 0 aliphatic heterocycles. The van der Waals surface area contributed by atoms with Gasteiger partial charge in [-0.2, -0.15) is 12.6 Å². The lowest BCUT2D eigenvalue weighted by Gasteiger charge is -2.23. The van der Waals surface area contributed by atoms with E-state index in [-0.39, 0.29) is 12.2 Å². The first-order valence-electron chi connectivity index (χ1n) is 9.52. The third kappa shape index (κ3) is 8.91. The van der Waals surface area contributed by atoms with E-state index in [4.69, 9.17) is 16.6 Å². The standard InChI is InChI=1S/C19H27N5O7S/c20-11(6-10-4-2-1-3-5-10)16(27)22-12(7-15(21)26)17(28)23-13(8-25)18(29)24-14(9-32)19(30)31/h1-5,11-14,25,32H,6-9,20H2,(H2,21,26)(H,22,27)(H,23,28)(H,24,29)(H,30,31). The number of hydrogen-bond acceptors (Lipinski definition) is 8. The smallest absolute Gasteiger partial charge is 0.327 e. The number of primary amides is 1. The summed E-state index contributed by atoms with van der Waals surface area (Å²) in [4.78, 5) is 59.5. The number of rotatable bonds is 13. The largest absolute Gasteiger partial charge is 0.480 e. The molecule has 13 heteroatoms. The van der Waals surface area contributed by atoms with Crippen LogP contribution in [0.3, 0.4) is 0 Å².